The maximum atomic E-state index is 3.81. The predicted molar refractivity (Wildman–Crippen MR) is 81.0 cm³/mol. The molecule has 0 saturated heterocycles. The average molecular weight is 356 g/mol. The molecule has 0 amide bonds. The third kappa shape index (κ3) is 3.94. The summed E-state index contributed by atoms with van der Waals surface area (Å²) in [5.41, 5.74) is 1.59. The highest BCUT2D eigenvalue weighted by Crippen LogP contribution is 2.56. The molecule has 1 atom stereocenters. The van der Waals surface area contributed by atoms with Crippen LogP contribution in [-0.4, -0.2) is 0 Å². The van der Waals surface area contributed by atoms with Gasteiger partial charge in [-0.25, -0.2) is 0 Å². The molecule has 3 heteroatoms. The molecule has 0 aromatic rings. The number of unbranched alkanes of at least 4 members (excludes halogenated alkanes) is 2. The van der Waals surface area contributed by atoms with Crippen LogP contribution in [0.2, 0.25) is 0 Å². The molecule has 0 bridgehead atoms. The Bertz CT molecular complexity index is 269. The summed E-state index contributed by atoms with van der Waals surface area (Å²) in [6, 6.07) is 0. The van der Waals surface area contributed by atoms with Gasteiger partial charge in [0.25, 0.3) is 0 Å². The molecule has 1 aliphatic heterocycles. The van der Waals surface area contributed by atoms with Crippen molar-refractivity contribution in [1.29, 1.82) is 0 Å². The molecular formula is C12H20Br2S. The summed E-state index contributed by atoms with van der Waals surface area (Å²) >= 11 is 7.51. The van der Waals surface area contributed by atoms with Gasteiger partial charge in [-0.15, -0.1) is 9.33 Å². The normalized spacial score (nSPS) is 23.5. The zero-order valence-electron chi connectivity index (χ0n) is 9.52. The molecule has 88 valence electrons. The predicted octanol–water partition coefficient (Wildman–Crippen LogP) is 6.18. The minimum Gasteiger partial charge on any atom is -0.150 e. The van der Waals surface area contributed by atoms with Crippen LogP contribution in [0.25, 0.3) is 0 Å². The molecule has 1 rings (SSSR count). The number of thiol groups is 1. The molecule has 0 radical (unpaired) electrons. The fourth-order valence-corrected chi connectivity index (χ4v) is 6.93. The van der Waals surface area contributed by atoms with E-state index < -0.39 is 0 Å². The SMILES string of the molecule is CCCCC1=C(CCCC)[SH](Br)C=C1Br. The monoisotopic (exact) mass is 354 g/mol. The van der Waals surface area contributed by atoms with E-state index in [-0.39, 0.29) is 9.33 Å². The first-order valence-corrected chi connectivity index (χ1v) is 9.97. The molecule has 1 aliphatic rings. The first-order chi connectivity index (χ1) is 7.20. The third-order valence-corrected chi connectivity index (χ3v) is 7.12. The smallest absolute Gasteiger partial charge is 0.0271 e. The van der Waals surface area contributed by atoms with Crippen molar-refractivity contribution in [2.45, 2.75) is 52.4 Å². The number of halogens is 2. The van der Waals surface area contributed by atoms with Gasteiger partial charge >= 0.3 is 0 Å². The van der Waals surface area contributed by atoms with Gasteiger partial charge in [-0.05, 0) is 72.3 Å². The average Bonchev–Trinajstić information content (AvgIpc) is 2.47. The van der Waals surface area contributed by atoms with E-state index in [1.807, 2.05) is 0 Å². The molecule has 15 heavy (non-hydrogen) atoms. The molecule has 0 saturated carbocycles. The fraction of sp³-hybridized carbons (Fsp3) is 0.667. The maximum absolute atomic E-state index is 3.81. The summed E-state index contributed by atoms with van der Waals surface area (Å²) in [4.78, 5) is 1.67. The topological polar surface area (TPSA) is 0 Å². The third-order valence-electron chi connectivity index (χ3n) is 2.67. The van der Waals surface area contributed by atoms with E-state index in [4.69, 9.17) is 0 Å². The highest BCUT2D eigenvalue weighted by Gasteiger charge is 2.19. The lowest BCUT2D eigenvalue weighted by Gasteiger charge is -2.12. The Hall–Kier alpha value is 0.790. The van der Waals surface area contributed by atoms with Crippen LogP contribution in [0.4, 0.5) is 0 Å². The van der Waals surface area contributed by atoms with Crippen LogP contribution in [0.5, 0.6) is 0 Å². The first-order valence-electron chi connectivity index (χ1n) is 5.75. The van der Waals surface area contributed by atoms with Crippen LogP contribution in [0.15, 0.2) is 20.4 Å². The summed E-state index contributed by atoms with van der Waals surface area (Å²) in [5, 5.41) is 2.35. The fourth-order valence-electron chi connectivity index (χ4n) is 1.74. The van der Waals surface area contributed by atoms with Crippen molar-refractivity contribution in [3.63, 3.8) is 0 Å². The first kappa shape index (κ1) is 13.9. The van der Waals surface area contributed by atoms with Gasteiger partial charge < -0.3 is 0 Å². The zero-order chi connectivity index (χ0) is 11.3. The number of hydrogen-bond donors (Lipinski definition) is 1. The molecule has 0 spiro atoms. The van der Waals surface area contributed by atoms with Gasteiger partial charge in [0.15, 0.2) is 0 Å². The molecule has 0 aromatic carbocycles. The molecule has 0 fully saturated rings. The van der Waals surface area contributed by atoms with E-state index in [0.717, 1.165) is 0 Å². The van der Waals surface area contributed by atoms with Gasteiger partial charge in [0.05, 0.1) is 0 Å². The van der Waals surface area contributed by atoms with Gasteiger partial charge in [-0.3, -0.25) is 0 Å². The van der Waals surface area contributed by atoms with Gasteiger partial charge in [0, 0.05) is 4.48 Å². The van der Waals surface area contributed by atoms with Gasteiger partial charge in [0.2, 0.25) is 0 Å². The molecule has 1 unspecified atom stereocenters. The second kappa shape index (κ2) is 7.18. The van der Waals surface area contributed by atoms with Crippen molar-refractivity contribution >= 4 is 40.1 Å². The van der Waals surface area contributed by atoms with Crippen LogP contribution < -0.4 is 0 Å². The Balaban J connectivity index is 2.69. The van der Waals surface area contributed by atoms with Crippen LogP contribution in [0.3, 0.4) is 0 Å². The van der Waals surface area contributed by atoms with Crippen LogP contribution in [-0.2, 0) is 0 Å². The van der Waals surface area contributed by atoms with E-state index >= 15 is 0 Å². The largest absolute Gasteiger partial charge is 0.150 e. The minimum absolute atomic E-state index is 0.152. The lowest BCUT2D eigenvalue weighted by Crippen LogP contribution is -1.87. The lowest BCUT2D eigenvalue weighted by atomic mass is 10.1. The molecule has 0 aliphatic carbocycles. The summed E-state index contributed by atoms with van der Waals surface area (Å²) in [5.74, 6) is 0. The van der Waals surface area contributed by atoms with Gasteiger partial charge in [-0.1, -0.05) is 26.7 Å². The Labute approximate surface area is 112 Å². The van der Waals surface area contributed by atoms with Crippen LogP contribution in [0, 0.1) is 0 Å². The second-order valence-corrected chi connectivity index (χ2v) is 8.49. The maximum Gasteiger partial charge on any atom is 0.0271 e. The van der Waals surface area contributed by atoms with E-state index in [0.29, 0.717) is 0 Å². The summed E-state index contributed by atoms with van der Waals surface area (Å²) in [7, 11) is -0.152. The van der Waals surface area contributed by atoms with Crippen molar-refractivity contribution in [2.24, 2.45) is 0 Å². The van der Waals surface area contributed by atoms with Gasteiger partial charge in [0.1, 0.15) is 0 Å². The van der Waals surface area contributed by atoms with E-state index in [2.05, 4.69) is 50.0 Å². The minimum atomic E-state index is -0.152. The van der Waals surface area contributed by atoms with Crippen LogP contribution >= 0.6 is 40.1 Å². The Kier molecular flexibility index (Phi) is 6.63. The summed E-state index contributed by atoms with van der Waals surface area (Å²) in [6.07, 6.45) is 7.73. The number of allylic oxidation sites excluding steroid dienone is 3. The van der Waals surface area contributed by atoms with Crippen molar-refractivity contribution in [3.8, 4) is 0 Å². The molecule has 0 nitrogen and oxygen atoms in total. The molecule has 1 heterocycles. The van der Waals surface area contributed by atoms with E-state index in [1.165, 1.54) is 43.0 Å². The zero-order valence-corrected chi connectivity index (χ0v) is 13.6. The van der Waals surface area contributed by atoms with E-state index in [1.54, 1.807) is 10.5 Å². The van der Waals surface area contributed by atoms with Crippen molar-refractivity contribution in [1.82, 2.24) is 0 Å². The number of hydrogen-bond acceptors (Lipinski definition) is 0. The van der Waals surface area contributed by atoms with Gasteiger partial charge in [-0.2, -0.15) is 0 Å². The Morgan fingerprint density at radius 2 is 1.73 bits per heavy atom. The van der Waals surface area contributed by atoms with Crippen molar-refractivity contribution in [3.05, 3.63) is 20.4 Å². The van der Waals surface area contributed by atoms with Crippen molar-refractivity contribution in [2.75, 3.05) is 0 Å². The number of rotatable bonds is 6. The lowest BCUT2D eigenvalue weighted by molar-refractivity contribution is 0.774. The van der Waals surface area contributed by atoms with E-state index in [9.17, 15) is 0 Å². The molecular weight excluding hydrogens is 336 g/mol. The highest BCUT2D eigenvalue weighted by atomic mass is 79.9. The molecule has 0 N–H and O–H groups in total. The molecule has 0 aromatic heterocycles. The standard InChI is InChI=1S/C12H20Br2S/c1-3-5-7-10-11(13)9-15(14)12(10)8-6-4-2/h9,15H,3-8H2,1-2H3. The van der Waals surface area contributed by atoms with Crippen LogP contribution in [0.1, 0.15) is 52.4 Å². The summed E-state index contributed by atoms with van der Waals surface area (Å²) < 4.78 is 1.35. The Morgan fingerprint density at radius 1 is 1.13 bits per heavy atom. The highest BCUT2D eigenvalue weighted by molar-refractivity contribution is 9.55. The second-order valence-electron chi connectivity index (χ2n) is 3.92. The Morgan fingerprint density at radius 3 is 2.33 bits per heavy atom. The van der Waals surface area contributed by atoms with Crippen molar-refractivity contribution < 1.29 is 0 Å². The summed E-state index contributed by atoms with van der Waals surface area (Å²) in [6.45, 7) is 4.52. The quantitative estimate of drug-likeness (QED) is 0.540.